The smallest absolute Gasteiger partial charge is 0.139 e. The highest BCUT2D eigenvalue weighted by molar-refractivity contribution is 5.87. The van der Waals surface area contributed by atoms with Crippen molar-refractivity contribution >= 4 is 5.78 Å². The average molecular weight is 381 g/mol. The van der Waals surface area contributed by atoms with Crippen molar-refractivity contribution < 1.29 is 4.79 Å². The van der Waals surface area contributed by atoms with Crippen LogP contribution in [0.5, 0.6) is 0 Å². The van der Waals surface area contributed by atoms with Gasteiger partial charge in [-0.3, -0.25) is 4.79 Å². The van der Waals surface area contributed by atoms with E-state index in [9.17, 15) is 4.79 Å². The average Bonchev–Trinajstić information content (AvgIpc) is 3.10. The van der Waals surface area contributed by atoms with E-state index in [2.05, 4.69) is 27.7 Å². The number of ketones is 1. The quantitative estimate of drug-likeness (QED) is 0.487. The lowest BCUT2D eigenvalue weighted by atomic mass is 9.38. The van der Waals surface area contributed by atoms with Crippen LogP contribution in [0.4, 0.5) is 0 Å². The molecule has 0 spiro atoms. The molecule has 7 aliphatic carbocycles. The van der Waals surface area contributed by atoms with E-state index >= 15 is 0 Å². The summed E-state index contributed by atoms with van der Waals surface area (Å²) in [7, 11) is 0. The topological polar surface area (TPSA) is 17.1 Å². The lowest BCUT2D eigenvalue weighted by molar-refractivity contribution is -0.185. The van der Waals surface area contributed by atoms with Gasteiger partial charge < -0.3 is 0 Å². The van der Waals surface area contributed by atoms with Crippen LogP contribution in [0.1, 0.15) is 79.1 Å². The first-order valence-corrected chi connectivity index (χ1v) is 12.9. The Bertz CT molecular complexity index is 733. The highest BCUT2D eigenvalue weighted by atomic mass is 16.1. The molecule has 0 aromatic carbocycles. The second kappa shape index (κ2) is 5.11. The third-order valence-electron chi connectivity index (χ3n) is 12.8. The van der Waals surface area contributed by atoms with Crippen LogP contribution in [0.2, 0.25) is 0 Å². The van der Waals surface area contributed by atoms with Gasteiger partial charge in [0, 0.05) is 11.8 Å². The minimum absolute atomic E-state index is 0.465. The van der Waals surface area contributed by atoms with E-state index in [1.165, 1.54) is 51.4 Å². The number of carbonyl (C=O) groups excluding carboxylic acids is 1. The SMILES string of the molecule is CC1(C)C2CCC3C(=O)C4CCCC5C4C3C2C2C3C1CCCC3C(C)(C)C52. The monoisotopic (exact) mass is 380 g/mol. The molecule has 0 bridgehead atoms. The Morgan fingerprint density at radius 3 is 2.04 bits per heavy atom. The predicted molar refractivity (Wildman–Crippen MR) is 111 cm³/mol. The fraction of sp³-hybridized carbons (Fsp3) is 0.963. The van der Waals surface area contributed by atoms with Crippen molar-refractivity contribution in [3.8, 4) is 0 Å². The molecule has 12 unspecified atom stereocenters. The Balaban J connectivity index is 1.47. The Morgan fingerprint density at radius 1 is 0.607 bits per heavy atom. The molecule has 12 atom stereocenters. The summed E-state index contributed by atoms with van der Waals surface area (Å²) < 4.78 is 0. The van der Waals surface area contributed by atoms with E-state index in [-0.39, 0.29) is 0 Å². The Labute approximate surface area is 171 Å². The summed E-state index contributed by atoms with van der Waals surface area (Å²) >= 11 is 0. The maximum atomic E-state index is 13.5. The largest absolute Gasteiger partial charge is 0.299 e. The molecule has 0 aliphatic heterocycles. The first kappa shape index (κ1) is 17.4. The van der Waals surface area contributed by atoms with Crippen LogP contribution in [0.15, 0.2) is 0 Å². The van der Waals surface area contributed by atoms with E-state index in [0.29, 0.717) is 22.7 Å². The van der Waals surface area contributed by atoms with Gasteiger partial charge in [-0.1, -0.05) is 40.5 Å². The van der Waals surface area contributed by atoms with Gasteiger partial charge in [-0.15, -0.1) is 0 Å². The molecule has 0 N–H and O–H groups in total. The molecule has 0 amide bonds. The van der Waals surface area contributed by atoms with E-state index in [4.69, 9.17) is 0 Å². The molecular formula is C27H40O. The molecular weight excluding hydrogens is 340 g/mol. The van der Waals surface area contributed by atoms with Crippen LogP contribution >= 0.6 is 0 Å². The van der Waals surface area contributed by atoms with Crippen molar-refractivity contribution in [3.05, 3.63) is 0 Å². The van der Waals surface area contributed by atoms with Crippen LogP contribution in [-0.4, -0.2) is 5.78 Å². The summed E-state index contributed by atoms with van der Waals surface area (Å²) in [6.07, 6.45) is 11.1. The number of rotatable bonds is 0. The van der Waals surface area contributed by atoms with Gasteiger partial charge in [-0.05, 0) is 109 Å². The van der Waals surface area contributed by atoms with Crippen molar-refractivity contribution in [2.45, 2.75) is 79.1 Å². The number of hydrogen-bond donors (Lipinski definition) is 0. The minimum Gasteiger partial charge on any atom is -0.299 e. The summed E-state index contributed by atoms with van der Waals surface area (Å²) in [5.41, 5.74) is 1.01. The van der Waals surface area contributed by atoms with Crippen LogP contribution in [0.3, 0.4) is 0 Å². The summed E-state index contributed by atoms with van der Waals surface area (Å²) in [5.74, 6) is 10.8. The molecule has 0 aromatic heterocycles. The van der Waals surface area contributed by atoms with Gasteiger partial charge >= 0.3 is 0 Å². The Morgan fingerprint density at radius 2 is 1.25 bits per heavy atom. The molecule has 0 saturated heterocycles. The standard InChI is InChI=1S/C27H40O/c1-26(2)16-9-6-10-17-21(16)23-22-18(26)12-11-15-20(22)19-13(24(23)27(17,3)4)7-5-8-14(19)25(15)28/h13-24H,5-12H2,1-4H3. The molecule has 0 heterocycles. The third-order valence-corrected chi connectivity index (χ3v) is 12.8. The summed E-state index contributed by atoms with van der Waals surface area (Å²) in [6, 6.07) is 0. The van der Waals surface area contributed by atoms with Gasteiger partial charge in [0.1, 0.15) is 5.78 Å². The van der Waals surface area contributed by atoms with Crippen molar-refractivity contribution in [3.63, 3.8) is 0 Å². The molecule has 7 saturated carbocycles. The van der Waals surface area contributed by atoms with Crippen LogP contribution in [-0.2, 0) is 4.79 Å². The zero-order valence-corrected chi connectivity index (χ0v) is 18.5. The molecule has 0 radical (unpaired) electrons. The van der Waals surface area contributed by atoms with E-state index < -0.39 is 0 Å². The van der Waals surface area contributed by atoms with Gasteiger partial charge in [0.2, 0.25) is 0 Å². The van der Waals surface area contributed by atoms with Crippen molar-refractivity contribution in [1.29, 1.82) is 0 Å². The molecule has 154 valence electrons. The first-order chi connectivity index (χ1) is 13.3. The number of Topliss-reactive ketones (excluding diaryl/α,β-unsaturated/α-hetero) is 1. The maximum Gasteiger partial charge on any atom is 0.139 e. The molecule has 28 heavy (non-hydrogen) atoms. The van der Waals surface area contributed by atoms with Gasteiger partial charge in [-0.25, -0.2) is 0 Å². The second-order valence-corrected chi connectivity index (χ2v) is 13.6. The Hall–Kier alpha value is -0.330. The molecule has 1 heteroatoms. The van der Waals surface area contributed by atoms with Gasteiger partial charge in [0.25, 0.3) is 0 Å². The number of fused-ring (bicyclic) bond motifs is 1. The third kappa shape index (κ3) is 1.67. The fourth-order valence-corrected chi connectivity index (χ4v) is 12.5. The minimum atomic E-state index is 0.465. The summed E-state index contributed by atoms with van der Waals surface area (Å²) in [6.45, 7) is 10.7. The number of hydrogen-bond acceptors (Lipinski definition) is 1. The summed E-state index contributed by atoms with van der Waals surface area (Å²) in [5, 5.41) is 0. The van der Waals surface area contributed by atoms with E-state index in [1.54, 1.807) is 0 Å². The van der Waals surface area contributed by atoms with Crippen LogP contribution in [0.25, 0.3) is 0 Å². The van der Waals surface area contributed by atoms with Gasteiger partial charge in [0.15, 0.2) is 0 Å². The zero-order chi connectivity index (χ0) is 19.2. The lowest BCUT2D eigenvalue weighted by Gasteiger charge is -2.66. The van der Waals surface area contributed by atoms with Gasteiger partial charge in [-0.2, -0.15) is 0 Å². The van der Waals surface area contributed by atoms with Crippen LogP contribution in [0, 0.1) is 81.8 Å². The van der Waals surface area contributed by atoms with E-state index in [0.717, 1.165) is 65.0 Å². The maximum absolute atomic E-state index is 13.5. The van der Waals surface area contributed by atoms with Crippen molar-refractivity contribution in [2.24, 2.45) is 81.8 Å². The predicted octanol–water partition coefficient (Wildman–Crippen LogP) is 6.22. The molecule has 1 nitrogen and oxygen atoms in total. The summed E-state index contributed by atoms with van der Waals surface area (Å²) in [4.78, 5) is 13.5. The van der Waals surface area contributed by atoms with E-state index in [1.807, 2.05) is 0 Å². The second-order valence-electron chi connectivity index (χ2n) is 13.6. The zero-order valence-electron chi connectivity index (χ0n) is 18.5. The first-order valence-electron chi connectivity index (χ1n) is 12.9. The molecule has 7 rings (SSSR count). The number of carbonyl (C=O) groups is 1. The highest BCUT2D eigenvalue weighted by Gasteiger charge is 2.75. The van der Waals surface area contributed by atoms with Crippen molar-refractivity contribution in [1.82, 2.24) is 0 Å². The van der Waals surface area contributed by atoms with Crippen molar-refractivity contribution in [2.75, 3.05) is 0 Å². The highest BCUT2D eigenvalue weighted by Crippen LogP contribution is 2.79. The molecule has 7 aliphatic rings. The van der Waals surface area contributed by atoms with Gasteiger partial charge in [0.05, 0.1) is 0 Å². The fourth-order valence-electron chi connectivity index (χ4n) is 12.5. The molecule has 7 fully saturated rings. The molecule has 0 aromatic rings. The normalized spacial score (nSPS) is 61.8. The van der Waals surface area contributed by atoms with Crippen LogP contribution < -0.4 is 0 Å². The lowest BCUT2D eigenvalue weighted by Crippen LogP contribution is -2.61. The Kier molecular flexibility index (Phi) is 3.17.